The zero-order chi connectivity index (χ0) is 12.4. The number of hydrogen-bond acceptors (Lipinski definition) is 3. The lowest BCUT2D eigenvalue weighted by atomic mass is 9.91. The van der Waals surface area contributed by atoms with E-state index in [4.69, 9.17) is 9.47 Å². The highest BCUT2D eigenvalue weighted by atomic mass is 16.5. The predicted molar refractivity (Wildman–Crippen MR) is 66.2 cm³/mol. The fourth-order valence-corrected chi connectivity index (χ4v) is 2.43. The predicted octanol–water partition coefficient (Wildman–Crippen LogP) is 2.46. The Hall–Kier alpha value is -1.06. The van der Waals surface area contributed by atoms with E-state index in [1.807, 2.05) is 32.0 Å². The van der Waals surface area contributed by atoms with Gasteiger partial charge in [0.25, 0.3) is 0 Å². The molecule has 1 aliphatic heterocycles. The quantitative estimate of drug-likeness (QED) is 0.876. The lowest BCUT2D eigenvalue weighted by Crippen LogP contribution is -2.13. The molecular weight excluding hydrogens is 216 g/mol. The number of methoxy groups -OCH3 is 1. The van der Waals surface area contributed by atoms with Gasteiger partial charge in [-0.3, -0.25) is 0 Å². The second-order valence-electron chi connectivity index (χ2n) is 4.81. The molecule has 94 valence electrons. The van der Waals surface area contributed by atoms with E-state index in [9.17, 15) is 5.11 Å². The van der Waals surface area contributed by atoms with Gasteiger partial charge in [0, 0.05) is 5.92 Å². The molecule has 1 N–H and O–H groups in total. The van der Waals surface area contributed by atoms with Crippen LogP contribution >= 0.6 is 0 Å². The first kappa shape index (κ1) is 12.4. The molecule has 1 heterocycles. The van der Waals surface area contributed by atoms with Crippen molar-refractivity contribution in [1.29, 1.82) is 0 Å². The summed E-state index contributed by atoms with van der Waals surface area (Å²) in [5.41, 5.74) is 2.05. The molecule has 3 heteroatoms. The number of rotatable bonds is 3. The summed E-state index contributed by atoms with van der Waals surface area (Å²) in [7, 11) is 1.65. The number of benzene rings is 1. The summed E-state index contributed by atoms with van der Waals surface area (Å²) in [6, 6.07) is 5.80. The maximum atomic E-state index is 10.4. The van der Waals surface area contributed by atoms with Crippen molar-refractivity contribution < 1.29 is 14.6 Å². The van der Waals surface area contributed by atoms with E-state index < -0.39 is 6.10 Å². The Morgan fingerprint density at radius 2 is 2.24 bits per heavy atom. The van der Waals surface area contributed by atoms with Crippen molar-refractivity contribution in [3.63, 3.8) is 0 Å². The van der Waals surface area contributed by atoms with Crippen molar-refractivity contribution in [2.24, 2.45) is 5.92 Å². The van der Waals surface area contributed by atoms with Gasteiger partial charge in [-0.15, -0.1) is 0 Å². The van der Waals surface area contributed by atoms with Crippen LogP contribution in [-0.4, -0.2) is 24.9 Å². The van der Waals surface area contributed by atoms with E-state index in [-0.39, 0.29) is 12.0 Å². The van der Waals surface area contributed by atoms with Crippen LogP contribution in [0, 0.1) is 12.8 Å². The average Bonchev–Trinajstić information content (AvgIpc) is 2.75. The summed E-state index contributed by atoms with van der Waals surface area (Å²) in [5, 5.41) is 10.4. The van der Waals surface area contributed by atoms with Gasteiger partial charge in [0.15, 0.2) is 0 Å². The third-order valence-corrected chi connectivity index (χ3v) is 3.47. The maximum Gasteiger partial charge on any atom is 0.119 e. The Morgan fingerprint density at radius 1 is 1.47 bits per heavy atom. The third-order valence-electron chi connectivity index (χ3n) is 3.47. The fourth-order valence-electron chi connectivity index (χ4n) is 2.43. The highest BCUT2D eigenvalue weighted by Gasteiger charge is 2.30. The molecule has 1 aromatic carbocycles. The molecule has 2 rings (SSSR count). The fraction of sp³-hybridized carbons (Fsp3) is 0.571. The SMILES string of the molecule is COc1ccc(C(O)C2COC(C)C2)c(C)c1. The van der Waals surface area contributed by atoms with Gasteiger partial charge in [0.05, 0.1) is 25.9 Å². The van der Waals surface area contributed by atoms with Gasteiger partial charge in [0.2, 0.25) is 0 Å². The highest BCUT2D eigenvalue weighted by Crippen LogP contribution is 2.33. The largest absolute Gasteiger partial charge is 0.497 e. The summed E-state index contributed by atoms with van der Waals surface area (Å²) in [6.07, 6.45) is 0.742. The molecule has 0 aliphatic carbocycles. The molecular formula is C14H20O3. The molecule has 0 aromatic heterocycles. The molecule has 0 saturated carbocycles. The summed E-state index contributed by atoms with van der Waals surface area (Å²) >= 11 is 0. The third kappa shape index (κ3) is 2.61. The molecule has 1 aromatic rings. The molecule has 0 amide bonds. The van der Waals surface area contributed by atoms with E-state index in [1.54, 1.807) is 7.11 Å². The first-order chi connectivity index (χ1) is 8.11. The summed E-state index contributed by atoms with van der Waals surface area (Å²) in [6.45, 7) is 4.70. The van der Waals surface area contributed by atoms with Crippen LogP contribution < -0.4 is 4.74 Å². The van der Waals surface area contributed by atoms with Crippen LogP contribution in [0.2, 0.25) is 0 Å². The minimum absolute atomic E-state index is 0.206. The number of aliphatic hydroxyl groups is 1. The van der Waals surface area contributed by atoms with Gasteiger partial charge in [0.1, 0.15) is 5.75 Å². The van der Waals surface area contributed by atoms with Crippen molar-refractivity contribution in [3.8, 4) is 5.75 Å². The van der Waals surface area contributed by atoms with E-state index >= 15 is 0 Å². The van der Waals surface area contributed by atoms with Gasteiger partial charge in [-0.2, -0.15) is 0 Å². The second kappa shape index (κ2) is 5.07. The molecule has 0 radical (unpaired) electrons. The zero-order valence-corrected chi connectivity index (χ0v) is 10.6. The molecule has 1 aliphatic rings. The zero-order valence-electron chi connectivity index (χ0n) is 10.6. The molecule has 0 bridgehead atoms. The van der Waals surface area contributed by atoms with Crippen LogP contribution in [0.5, 0.6) is 5.75 Å². The summed E-state index contributed by atoms with van der Waals surface area (Å²) in [4.78, 5) is 0. The Labute approximate surface area is 102 Å². The van der Waals surface area contributed by atoms with Gasteiger partial charge >= 0.3 is 0 Å². The normalized spacial score (nSPS) is 25.9. The van der Waals surface area contributed by atoms with E-state index in [2.05, 4.69) is 0 Å². The number of ether oxygens (including phenoxy) is 2. The first-order valence-corrected chi connectivity index (χ1v) is 6.06. The van der Waals surface area contributed by atoms with Crippen molar-refractivity contribution in [3.05, 3.63) is 29.3 Å². The van der Waals surface area contributed by atoms with Crippen LogP contribution in [0.3, 0.4) is 0 Å². The minimum Gasteiger partial charge on any atom is -0.497 e. The minimum atomic E-state index is -0.439. The summed E-state index contributed by atoms with van der Waals surface area (Å²) in [5.74, 6) is 1.03. The first-order valence-electron chi connectivity index (χ1n) is 6.06. The lowest BCUT2D eigenvalue weighted by Gasteiger charge is -2.19. The van der Waals surface area contributed by atoms with Crippen molar-refractivity contribution >= 4 is 0 Å². The summed E-state index contributed by atoms with van der Waals surface area (Å²) < 4.78 is 10.7. The molecule has 3 nitrogen and oxygen atoms in total. The van der Waals surface area contributed by atoms with Crippen LogP contribution in [0.4, 0.5) is 0 Å². The van der Waals surface area contributed by atoms with Crippen LogP contribution in [-0.2, 0) is 4.74 Å². The number of hydrogen-bond donors (Lipinski definition) is 1. The standard InChI is InChI=1S/C14H20O3/c1-9-6-12(16-3)4-5-13(9)14(15)11-7-10(2)17-8-11/h4-6,10-11,14-15H,7-8H2,1-3H3. The maximum absolute atomic E-state index is 10.4. The van der Waals surface area contributed by atoms with Crippen LogP contribution in [0.25, 0.3) is 0 Å². The van der Waals surface area contributed by atoms with E-state index in [0.717, 1.165) is 23.3 Å². The highest BCUT2D eigenvalue weighted by molar-refractivity contribution is 5.36. The van der Waals surface area contributed by atoms with E-state index in [1.165, 1.54) is 0 Å². The Kier molecular flexibility index (Phi) is 3.69. The number of aliphatic hydroxyl groups excluding tert-OH is 1. The Balaban J connectivity index is 2.16. The second-order valence-corrected chi connectivity index (χ2v) is 4.81. The van der Waals surface area contributed by atoms with Gasteiger partial charge in [-0.25, -0.2) is 0 Å². The van der Waals surface area contributed by atoms with Crippen molar-refractivity contribution in [2.75, 3.05) is 13.7 Å². The molecule has 1 fully saturated rings. The Bertz CT molecular complexity index is 389. The molecule has 3 unspecified atom stereocenters. The smallest absolute Gasteiger partial charge is 0.119 e. The van der Waals surface area contributed by atoms with Crippen molar-refractivity contribution in [1.82, 2.24) is 0 Å². The van der Waals surface area contributed by atoms with Crippen molar-refractivity contribution in [2.45, 2.75) is 32.5 Å². The average molecular weight is 236 g/mol. The topological polar surface area (TPSA) is 38.7 Å². The Morgan fingerprint density at radius 3 is 2.76 bits per heavy atom. The van der Waals surface area contributed by atoms with Gasteiger partial charge in [-0.05, 0) is 43.5 Å². The van der Waals surface area contributed by atoms with Crippen LogP contribution in [0.15, 0.2) is 18.2 Å². The number of aryl methyl sites for hydroxylation is 1. The lowest BCUT2D eigenvalue weighted by molar-refractivity contribution is 0.0800. The van der Waals surface area contributed by atoms with Gasteiger partial charge < -0.3 is 14.6 Å². The molecule has 1 saturated heterocycles. The van der Waals surface area contributed by atoms with E-state index in [0.29, 0.717) is 6.61 Å². The van der Waals surface area contributed by atoms with Gasteiger partial charge in [-0.1, -0.05) is 6.07 Å². The monoisotopic (exact) mass is 236 g/mol. The van der Waals surface area contributed by atoms with Crippen LogP contribution in [0.1, 0.15) is 30.6 Å². The molecule has 3 atom stereocenters. The molecule has 17 heavy (non-hydrogen) atoms. The molecule has 0 spiro atoms.